The molecule has 2 fully saturated rings. The Morgan fingerprint density at radius 1 is 1.29 bits per heavy atom. The van der Waals surface area contributed by atoms with Crippen molar-refractivity contribution in [3.05, 3.63) is 0 Å². The zero-order valence-corrected chi connectivity index (χ0v) is 9.05. The topological polar surface area (TPSA) is 35.8 Å². The summed E-state index contributed by atoms with van der Waals surface area (Å²) in [5.41, 5.74) is -0.186. The van der Waals surface area contributed by atoms with E-state index in [0.29, 0.717) is 12.0 Å². The Kier molecular flexibility index (Phi) is 2.78. The number of nitrogens with one attached hydrogen (secondary N) is 1. The third-order valence-electron chi connectivity index (χ3n) is 3.85. The lowest BCUT2D eigenvalue weighted by atomic mass is 9.90. The Bertz CT molecular complexity index is 233. The monoisotopic (exact) mass is 192 g/mol. The molecular formula is C12H20N2. The highest BCUT2D eigenvalue weighted by Gasteiger charge is 2.45. The molecule has 2 saturated carbocycles. The zero-order valence-electron chi connectivity index (χ0n) is 9.05. The summed E-state index contributed by atoms with van der Waals surface area (Å²) in [5.74, 6) is 0.637. The van der Waals surface area contributed by atoms with Crippen LogP contribution in [0.1, 0.15) is 51.9 Å². The summed E-state index contributed by atoms with van der Waals surface area (Å²) in [6.45, 7) is 2.14. The average Bonchev–Trinajstić information content (AvgIpc) is 2.95. The maximum Gasteiger partial charge on any atom is 0.109 e. The van der Waals surface area contributed by atoms with Crippen LogP contribution in [0.5, 0.6) is 0 Å². The molecule has 2 aliphatic rings. The summed E-state index contributed by atoms with van der Waals surface area (Å²) in [7, 11) is 0. The van der Waals surface area contributed by atoms with Crippen molar-refractivity contribution in [2.75, 3.05) is 0 Å². The first kappa shape index (κ1) is 9.98. The molecule has 1 unspecified atom stereocenters. The number of nitriles is 1. The van der Waals surface area contributed by atoms with Crippen molar-refractivity contribution in [1.29, 1.82) is 5.26 Å². The van der Waals surface area contributed by atoms with Crippen LogP contribution >= 0.6 is 0 Å². The maximum atomic E-state index is 9.33. The van der Waals surface area contributed by atoms with Crippen molar-refractivity contribution in [3.8, 4) is 6.07 Å². The van der Waals surface area contributed by atoms with Crippen molar-refractivity contribution >= 4 is 0 Å². The average molecular weight is 192 g/mol. The second kappa shape index (κ2) is 3.90. The Hall–Kier alpha value is -0.550. The predicted molar refractivity (Wildman–Crippen MR) is 56.8 cm³/mol. The molecule has 78 valence electrons. The lowest BCUT2D eigenvalue weighted by molar-refractivity contribution is 0.308. The fraction of sp³-hybridized carbons (Fsp3) is 0.917. The highest BCUT2D eigenvalue weighted by Crippen LogP contribution is 2.42. The molecule has 2 heteroatoms. The minimum atomic E-state index is -0.186. The van der Waals surface area contributed by atoms with Crippen molar-refractivity contribution < 1.29 is 0 Å². The van der Waals surface area contributed by atoms with Crippen molar-refractivity contribution in [3.63, 3.8) is 0 Å². The van der Waals surface area contributed by atoms with Gasteiger partial charge in [-0.3, -0.25) is 5.32 Å². The highest BCUT2D eigenvalue weighted by atomic mass is 15.0. The highest BCUT2D eigenvalue weighted by molar-refractivity contribution is 5.15. The Labute approximate surface area is 86.7 Å². The van der Waals surface area contributed by atoms with E-state index in [1.165, 1.54) is 38.5 Å². The molecule has 0 saturated heterocycles. The van der Waals surface area contributed by atoms with Gasteiger partial charge in [-0.05, 0) is 38.0 Å². The second-order valence-corrected chi connectivity index (χ2v) is 4.84. The summed E-state index contributed by atoms with van der Waals surface area (Å²) in [5, 5.41) is 13.0. The van der Waals surface area contributed by atoms with Gasteiger partial charge < -0.3 is 0 Å². The molecule has 0 spiro atoms. The van der Waals surface area contributed by atoms with Crippen LogP contribution in [0, 0.1) is 17.2 Å². The molecule has 0 aromatic carbocycles. The molecular weight excluding hydrogens is 172 g/mol. The van der Waals surface area contributed by atoms with E-state index in [1.807, 2.05) is 0 Å². The van der Waals surface area contributed by atoms with Gasteiger partial charge in [0, 0.05) is 6.04 Å². The maximum absolute atomic E-state index is 9.33. The molecule has 0 aliphatic heterocycles. The van der Waals surface area contributed by atoms with Gasteiger partial charge in [0.05, 0.1) is 6.07 Å². The van der Waals surface area contributed by atoms with E-state index in [9.17, 15) is 5.26 Å². The van der Waals surface area contributed by atoms with Crippen molar-refractivity contribution in [2.24, 2.45) is 5.92 Å². The molecule has 2 nitrogen and oxygen atoms in total. The van der Waals surface area contributed by atoms with Gasteiger partial charge in [0.15, 0.2) is 0 Å². The van der Waals surface area contributed by atoms with Gasteiger partial charge in [-0.15, -0.1) is 0 Å². The molecule has 1 N–H and O–H groups in total. The van der Waals surface area contributed by atoms with Gasteiger partial charge in [-0.2, -0.15) is 5.26 Å². The summed E-state index contributed by atoms with van der Waals surface area (Å²) in [6, 6.07) is 3.16. The smallest absolute Gasteiger partial charge is 0.109 e. The Morgan fingerprint density at radius 3 is 2.36 bits per heavy atom. The molecule has 2 aliphatic carbocycles. The lowest BCUT2D eigenvalue weighted by Gasteiger charge is -2.30. The Morgan fingerprint density at radius 2 is 1.93 bits per heavy atom. The molecule has 14 heavy (non-hydrogen) atoms. The largest absolute Gasteiger partial charge is 0.296 e. The van der Waals surface area contributed by atoms with Gasteiger partial charge in [0.25, 0.3) is 0 Å². The minimum absolute atomic E-state index is 0.186. The molecule has 0 aromatic rings. The molecule has 0 radical (unpaired) electrons. The quantitative estimate of drug-likeness (QED) is 0.743. The van der Waals surface area contributed by atoms with E-state index in [1.54, 1.807) is 0 Å². The first-order valence-electron chi connectivity index (χ1n) is 5.99. The third-order valence-corrected chi connectivity index (χ3v) is 3.85. The lowest BCUT2D eigenvalue weighted by Crippen LogP contribution is -2.50. The van der Waals surface area contributed by atoms with Crippen LogP contribution in [0.25, 0.3) is 0 Å². The van der Waals surface area contributed by atoms with E-state index < -0.39 is 0 Å². The van der Waals surface area contributed by atoms with Crippen LogP contribution in [-0.2, 0) is 0 Å². The van der Waals surface area contributed by atoms with E-state index >= 15 is 0 Å². The number of hydrogen-bond donors (Lipinski definition) is 1. The normalized spacial score (nSPS) is 27.1. The van der Waals surface area contributed by atoms with Crippen molar-refractivity contribution in [1.82, 2.24) is 5.32 Å². The molecule has 0 amide bonds. The minimum Gasteiger partial charge on any atom is -0.296 e. The van der Waals surface area contributed by atoms with Crippen LogP contribution in [-0.4, -0.2) is 11.6 Å². The first-order chi connectivity index (χ1) is 6.80. The molecule has 0 bridgehead atoms. The molecule has 0 heterocycles. The van der Waals surface area contributed by atoms with Crippen LogP contribution in [0.2, 0.25) is 0 Å². The van der Waals surface area contributed by atoms with Crippen LogP contribution in [0.3, 0.4) is 0 Å². The van der Waals surface area contributed by atoms with Crippen LogP contribution < -0.4 is 5.32 Å². The van der Waals surface area contributed by atoms with E-state index in [0.717, 1.165) is 6.42 Å². The first-order valence-corrected chi connectivity index (χ1v) is 5.99. The fourth-order valence-electron chi connectivity index (χ4n) is 2.72. The zero-order chi connectivity index (χ0) is 10.0. The Balaban J connectivity index is 1.99. The second-order valence-electron chi connectivity index (χ2n) is 4.84. The standard InChI is InChI=1S/C12H20N2/c1-2-12(9-13,10-7-8-10)14-11-5-3-4-6-11/h10-11,14H,2-8H2,1H3. The van der Waals surface area contributed by atoms with Crippen molar-refractivity contribution in [2.45, 2.75) is 63.5 Å². The number of nitrogens with zero attached hydrogens (tertiary/aromatic N) is 1. The van der Waals surface area contributed by atoms with Gasteiger partial charge in [0.2, 0.25) is 0 Å². The van der Waals surface area contributed by atoms with E-state index in [4.69, 9.17) is 0 Å². The van der Waals surface area contributed by atoms with E-state index in [-0.39, 0.29) is 5.54 Å². The summed E-state index contributed by atoms with van der Waals surface area (Å²) in [6.07, 6.45) is 8.69. The number of hydrogen-bond acceptors (Lipinski definition) is 2. The van der Waals surface area contributed by atoms with Gasteiger partial charge in [-0.25, -0.2) is 0 Å². The SMILES string of the molecule is CCC(C#N)(NC1CCCC1)C1CC1. The summed E-state index contributed by atoms with van der Waals surface area (Å²) in [4.78, 5) is 0. The summed E-state index contributed by atoms with van der Waals surface area (Å²) < 4.78 is 0. The van der Waals surface area contributed by atoms with Crippen LogP contribution in [0.15, 0.2) is 0 Å². The van der Waals surface area contributed by atoms with E-state index in [2.05, 4.69) is 18.3 Å². The molecule has 2 rings (SSSR count). The van der Waals surface area contributed by atoms with Crippen LogP contribution in [0.4, 0.5) is 0 Å². The van der Waals surface area contributed by atoms with Gasteiger partial charge >= 0.3 is 0 Å². The summed E-state index contributed by atoms with van der Waals surface area (Å²) >= 11 is 0. The molecule has 1 atom stereocenters. The number of rotatable bonds is 4. The fourth-order valence-corrected chi connectivity index (χ4v) is 2.72. The van der Waals surface area contributed by atoms with Gasteiger partial charge in [-0.1, -0.05) is 19.8 Å². The predicted octanol–water partition coefficient (Wildman–Crippen LogP) is 2.60. The van der Waals surface area contributed by atoms with Gasteiger partial charge in [0.1, 0.15) is 5.54 Å². The third kappa shape index (κ3) is 1.79. The molecule has 0 aromatic heterocycles.